The summed E-state index contributed by atoms with van der Waals surface area (Å²) in [6.07, 6.45) is 0.992. The van der Waals surface area contributed by atoms with E-state index in [1.165, 1.54) is 5.56 Å². The van der Waals surface area contributed by atoms with E-state index in [0.717, 1.165) is 18.7 Å². The molecule has 0 saturated carbocycles. The molecule has 14 heavy (non-hydrogen) atoms. The second-order valence-electron chi connectivity index (χ2n) is 2.98. The molecule has 1 rings (SSSR count). The molecule has 0 heterocycles. The number of ether oxygens (including phenoxy) is 1. The Morgan fingerprint density at radius 1 is 1.29 bits per heavy atom. The van der Waals surface area contributed by atoms with Crippen LogP contribution in [0, 0.1) is 0 Å². The summed E-state index contributed by atoms with van der Waals surface area (Å²) in [5.74, 6) is 6.01. The molecular formula is C10H17N3O. The van der Waals surface area contributed by atoms with E-state index in [4.69, 9.17) is 10.6 Å². The molecule has 78 valence electrons. The Bertz CT molecular complexity index is 248. The third kappa shape index (κ3) is 3.74. The minimum absolute atomic E-state index is 0.635. The number of hydrazine groups is 1. The molecule has 0 aliphatic heterocycles. The number of hydrogen-bond donors (Lipinski definition) is 3. The molecule has 0 aliphatic carbocycles. The van der Waals surface area contributed by atoms with Crippen molar-refractivity contribution in [1.82, 2.24) is 10.7 Å². The average Bonchev–Trinajstić information content (AvgIpc) is 2.25. The van der Waals surface area contributed by atoms with Gasteiger partial charge in [-0.05, 0) is 24.1 Å². The molecule has 0 bridgehead atoms. The maximum atomic E-state index is 5.12. The van der Waals surface area contributed by atoms with Gasteiger partial charge in [0.2, 0.25) is 0 Å². The van der Waals surface area contributed by atoms with Gasteiger partial charge in [0.25, 0.3) is 0 Å². The van der Waals surface area contributed by atoms with E-state index in [0.29, 0.717) is 6.67 Å². The topological polar surface area (TPSA) is 59.3 Å². The molecule has 4 heteroatoms. The maximum absolute atomic E-state index is 5.12. The summed E-state index contributed by atoms with van der Waals surface area (Å²) in [4.78, 5) is 0. The van der Waals surface area contributed by atoms with Gasteiger partial charge in [0, 0.05) is 6.54 Å². The smallest absolute Gasteiger partial charge is 0.118 e. The fourth-order valence-corrected chi connectivity index (χ4v) is 1.19. The highest BCUT2D eigenvalue weighted by Gasteiger charge is 1.93. The Labute approximate surface area is 84.4 Å². The summed E-state index contributed by atoms with van der Waals surface area (Å²) < 4.78 is 5.07. The zero-order chi connectivity index (χ0) is 10.2. The first kappa shape index (κ1) is 11.0. The largest absolute Gasteiger partial charge is 0.497 e. The average molecular weight is 195 g/mol. The quantitative estimate of drug-likeness (QED) is 0.263. The summed E-state index contributed by atoms with van der Waals surface area (Å²) in [5, 5.41) is 3.14. The van der Waals surface area contributed by atoms with Crippen LogP contribution in [-0.4, -0.2) is 20.3 Å². The molecule has 0 spiro atoms. The van der Waals surface area contributed by atoms with Crippen LogP contribution in [0.2, 0.25) is 0 Å². The minimum atomic E-state index is 0.635. The summed E-state index contributed by atoms with van der Waals surface area (Å²) in [7, 11) is 1.67. The van der Waals surface area contributed by atoms with Crippen LogP contribution in [0.3, 0.4) is 0 Å². The molecule has 0 saturated heterocycles. The van der Waals surface area contributed by atoms with Gasteiger partial charge in [-0.25, -0.2) is 5.43 Å². The first-order valence-corrected chi connectivity index (χ1v) is 4.64. The number of methoxy groups -OCH3 is 1. The van der Waals surface area contributed by atoms with Crippen LogP contribution in [0.25, 0.3) is 0 Å². The van der Waals surface area contributed by atoms with Crippen molar-refractivity contribution < 1.29 is 4.74 Å². The zero-order valence-corrected chi connectivity index (χ0v) is 8.42. The molecule has 0 fully saturated rings. The van der Waals surface area contributed by atoms with Crippen LogP contribution >= 0.6 is 0 Å². The van der Waals surface area contributed by atoms with Crippen LogP contribution in [0.4, 0.5) is 0 Å². The van der Waals surface area contributed by atoms with E-state index < -0.39 is 0 Å². The van der Waals surface area contributed by atoms with Crippen LogP contribution in [0.15, 0.2) is 24.3 Å². The molecule has 0 aliphatic rings. The van der Waals surface area contributed by atoms with E-state index in [1.54, 1.807) is 7.11 Å². The monoisotopic (exact) mass is 195 g/mol. The third-order valence-electron chi connectivity index (χ3n) is 1.98. The van der Waals surface area contributed by atoms with Gasteiger partial charge in [0.1, 0.15) is 5.75 Å². The van der Waals surface area contributed by atoms with Crippen LogP contribution in [0.1, 0.15) is 5.56 Å². The molecular weight excluding hydrogens is 178 g/mol. The van der Waals surface area contributed by atoms with Crippen molar-refractivity contribution in [3.63, 3.8) is 0 Å². The summed E-state index contributed by atoms with van der Waals surface area (Å²) in [6, 6.07) is 8.07. The van der Waals surface area contributed by atoms with Crippen molar-refractivity contribution in [2.45, 2.75) is 6.42 Å². The van der Waals surface area contributed by atoms with E-state index in [-0.39, 0.29) is 0 Å². The first-order chi connectivity index (χ1) is 6.86. The zero-order valence-electron chi connectivity index (χ0n) is 8.42. The molecule has 0 atom stereocenters. The second-order valence-corrected chi connectivity index (χ2v) is 2.98. The van der Waals surface area contributed by atoms with E-state index in [9.17, 15) is 0 Å². The Kier molecular flexibility index (Phi) is 4.99. The maximum Gasteiger partial charge on any atom is 0.118 e. The van der Waals surface area contributed by atoms with Gasteiger partial charge in [0.15, 0.2) is 0 Å². The molecule has 1 aromatic carbocycles. The Morgan fingerprint density at radius 2 is 2.00 bits per heavy atom. The first-order valence-electron chi connectivity index (χ1n) is 4.64. The van der Waals surface area contributed by atoms with E-state index in [1.807, 2.05) is 12.1 Å². The highest BCUT2D eigenvalue weighted by atomic mass is 16.5. The van der Waals surface area contributed by atoms with Crippen LogP contribution in [-0.2, 0) is 6.42 Å². The van der Waals surface area contributed by atoms with Crippen molar-refractivity contribution >= 4 is 0 Å². The van der Waals surface area contributed by atoms with Crippen molar-refractivity contribution in [2.75, 3.05) is 20.3 Å². The predicted octanol–water partition coefficient (Wildman–Crippen LogP) is 0.248. The van der Waals surface area contributed by atoms with Gasteiger partial charge in [-0.1, -0.05) is 12.1 Å². The van der Waals surface area contributed by atoms with Gasteiger partial charge in [0.05, 0.1) is 13.8 Å². The second kappa shape index (κ2) is 6.37. The van der Waals surface area contributed by atoms with Crippen molar-refractivity contribution in [2.24, 2.45) is 5.84 Å². The normalized spacial score (nSPS) is 10.1. The van der Waals surface area contributed by atoms with Gasteiger partial charge in [-0.15, -0.1) is 0 Å². The van der Waals surface area contributed by atoms with E-state index >= 15 is 0 Å². The van der Waals surface area contributed by atoms with Gasteiger partial charge in [-0.3, -0.25) is 5.84 Å². The van der Waals surface area contributed by atoms with Crippen LogP contribution < -0.4 is 21.3 Å². The minimum Gasteiger partial charge on any atom is -0.497 e. The molecule has 0 radical (unpaired) electrons. The number of hydrogen-bond acceptors (Lipinski definition) is 4. The number of benzene rings is 1. The Hall–Kier alpha value is -1.10. The third-order valence-corrected chi connectivity index (χ3v) is 1.98. The lowest BCUT2D eigenvalue weighted by Crippen LogP contribution is -2.34. The number of nitrogens with two attached hydrogens (primary N) is 1. The van der Waals surface area contributed by atoms with Crippen molar-refractivity contribution in [3.05, 3.63) is 29.8 Å². The standard InChI is InChI=1S/C10H17N3O/c1-14-10-4-2-9(3-5-10)6-7-12-8-13-11/h2-5,12-13H,6-8,11H2,1H3. The fourth-order valence-electron chi connectivity index (χ4n) is 1.19. The molecule has 1 aromatic rings. The lowest BCUT2D eigenvalue weighted by molar-refractivity contribution is 0.414. The molecule has 0 amide bonds. The summed E-state index contributed by atoms with van der Waals surface area (Å²) >= 11 is 0. The van der Waals surface area contributed by atoms with Gasteiger partial charge in [-0.2, -0.15) is 0 Å². The molecule has 4 N–H and O–H groups in total. The number of rotatable bonds is 6. The molecule has 0 unspecified atom stereocenters. The molecule has 4 nitrogen and oxygen atoms in total. The Balaban J connectivity index is 2.29. The van der Waals surface area contributed by atoms with Crippen molar-refractivity contribution in [3.8, 4) is 5.75 Å². The van der Waals surface area contributed by atoms with E-state index in [2.05, 4.69) is 22.9 Å². The summed E-state index contributed by atoms with van der Waals surface area (Å²) in [6.45, 7) is 1.55. The molecule has 0 aromatic heterocycles. The predicted molar refractivity (Wildman–Crippen MR) is 56.9 cm³/mol. The Morgan fingerprint density at radius 3 is 2.57 bits per heavy atom. The lowest BCUT2D eigenvalue weighted by atomic mass is 10.1. The summed E-state index contributed by atoms with van der Waals surface area (Å²) in [5.41, 5.74) is 3.83. The van der Waals surface area contributed by atoms with Crippen molar-refractivity contribution in [1.29, 1.82) is 0 Å². The highest BCUT2D eigenvalue weighted by molar-refractivity contribution is 5.27. The fraction of sp³-hybridized carbons (Fsp3) is 0.400. The lowest BCUT2D eigenvalue weighted by Gasteiger charge is -2.04. The SMILES string of the molecule is COc1ccc(CCNCNN)cc1. The van der Waals surface area contributed by atoms with Crippen LogP contribution in [0.5, 0.6) is 5.75 Å². The van der Waals surface area contributed by atoms with Gasteiger partial charge < -0.3 is 10.1 Å². The van der Waals surface area contributed by atoms with Gasteiger partial charge >= 0.3 is 0 Å². The number of nitrogens with one attached hydrogen (secondary N) is 2. The highest BCUT2D eigenvalue weighted by Crippen LogP contribution is 2.11.